The van der Waals surface area contributed by atoms with Crippen molar-refractivity contribution in [3.63, 3.8) is 0 Å². The first-order chi connectivity index (χ1) is 3.81. The second-order valence-electron chi connectivity index (χ2n) is 1.68. The smallest absolute Gasteiger partial charge is 0.0299 e. The van der Waals surface area contributed by atoms with Crippen molar-refractivity contribution in [2.24, 2.45) is 11.7 Å². The van der Waals surface area contributed by atoms with E-state index in [0.29, 0.717) is 0 Å². The van der Waals surface area contributed by atoms with Crippen LogP contribution in [0.1, 0.15) is 19.8 Å². The van der Waals surface area contributed by atoms with Crippen LogP contribution in [0.2, 0.25) is 0 Å². The molecule has 0 aliphatic heterocycles. The minimum absolute atomic E-state index is 0.799. The van der Waals surface area contributed by atoms with E-state index in [1.54, 1.807) is 0 Å². The van der Waals surface area contributed by atoms with E-state index in [1.165, 1.54) is 5.12 Å². The zero-order chi connectivity index (χ0) is 6.41. The Kier molecular flexibility index (Phi) is 4.89. The van der Waals surface area contributed by atoms with Gasteiger partial charge in [0.1, 0.15) is 0 Å². The maximum Gasteiger partial charge on any atom is 0.0299 e. The van der Waals surface area contributed by atoms with Crippen molar-refractivity contribution >= 4 is 0 Å². The van der Waals surface area contributed by atoms with E-state index in [0.717, 1.165) is 19.4 Å². The SMILES string of the molecule is CCCCN(N)NN. The Morgan fingerprint density at radius 2 is 2.25 bits per heavy atom. The molecule has 0 bridgehead atoms. The number of nitrogens with one attached hydrogen (secondary N) is 1. The number of hydrazine groups is 3. The largest absolute Gasteiger partial charge is 0.256 e. The summed E-state index contributed by atoms with van der Waals surface area (Å²) >= 11 is 0. The molecule has 0 aromatic heterocycles. The molecule has 50 valence electrons. The van der Waals surface area contributed by atoms with Gasteiger partial charge < -0.3 is 0 Å². The number of hydrogen-bond acceptors (Lipinski definition) is 4. The van der Waals surface area contributed by atoms with Gasteiger partial charge in [-0.05, 0) is 6.42 Å². The summed E-state index contributed by atoms with van der Waals surface area (Å²) in [4.78, 5) is 0. The normalized spacial score (nSPS) is 10.5. The molecule has 8 heavy (non-hydrogen) atoms. The maximum atomic E-state index is 5.26. The van der Waals surface area contributed by atoms with Crippen LogP contribution in [0, 0.1) is 0 Å². The number of unbranched alkanes of at least 4 members (excludes halogenated alkanes) is 1. The zero-order valence-corrected chi connectivity index (χ0v) is 5.22. The number of rotatable bonds is 4. The fourth-order valence-electron chi connectivity index (χ4n) is 0.393. The zero-order valence-electron chi connectivity index (χ0n) is 5.22. The van der Waals surface area contributed by atoms with Crippen LogP contribution in [0.4, 0.5) is 0 Å². The summed E-state index contributed by atoms with van der Waals surface area (Å²) < 4.78 is 0. The molecule has 0 saturated carbocycles. The van der Waals surface area contributed by atoms with E-state index in [-0.39, 0.29) is 0 Å². The molecule has 0 fully saturated rings. The Balaban J connectivity index is 2.86. The van der Waals surface area contributed by atoms with Gasteiger partial charge in [0, 0.05) is 6.54 Å². The van der Waals surface area contributed by atoms with Crippen LogP contribution in [-0.2, 0) is 0 Å². The van der Waals surface area contributed by atoms with Crippen LogP contribution in [0.25, 0.3) is 0 Å². The average Bonchev–Trinajstić information content (AvgIpc) is 1.83. The van der Waals surface area contributed by atoms with Gasteiger partial charge in [-0.3, -0.25) is 11.7 Å². The molecule has 0 spiro atoms. The van der Waals surface area contributed by atoms with E-state index in [2.05, 4.69) is 12.5 Å². The predicted molar refractivity (Wildman–Crippen MR) is 33.1 cm³/mol. The van der Waals surface area contributed by atoms with Crippen LogP contribution in [0.5, 0.6) is 0 Å². The fraction of sp³-hybridized carbons (Fsp3) is 1.00. The Morgan fingerprint density at radius 1 is 1.62 bits per heavy atom. The second kappa shape index (κ2) is 4.99. The molecule has 0 unspecified atom stereocenters. The average molecular weight is 118 g/mol. The van der Waals surface area contributed by atoms with E-state index in [1.807, 2.05) is 0 Å². The molecule has 0 amide bonds. The molecule has 0 aliphatic carbocycles. The first-order valence-corrected chi connectivity index (χ1v) is 2.79. The van der Waals surface area contributed by atoms with Crippen molar-refractivity contribution in [1.29, 1.82) is 0 Å². The van der Waals surface area contributed by atoms with Gasteiger partial charge in [0.15, 0.2) is 0 Å². The highest BCUT2D eigenvalue weighted by atomic mass is 15.7. The molecule has 0 aliphatic rings. The minimum Gasteiger partial charge on any atom is -0.256 e. The van der Waals surface area contributed by atoms with Gasteiger partial charge in [0.05, 0.1) is 0 Å². The standard InChI is InChI=1S/C4H14N4/c1-2-3-4-8(6)7-5/h7H,2-6H2,1H3. The maximum absolute atomic E-state index is 5.26. The molecular weight excluding hydrogens is 104 g/mol. The molecule has 0 heterocycles. The summed E-state index contributed by atoms with van der Waals surface area (Å²) in [5.74, 6) is 10.2. The lowest BCUT2D eigenvalue weighted by Crippen LogP contribution is -2.48. The number of nitrogens with zero attached hydrogens (tertiary/aromatic N) is 1. The van der Waals surface area contributed by atoms with Crippen LogP contribution in [-0.4, -0.2) is 11.7 Å². The van der Waals surface area contributed by atoms with Crippen molar-refractivity contribution in [1.82, 2.24) is 10.7 Å². The molecule has 0 rings (SSSR count). The molecule has 4 heteroatoms. The van der Waals surface area contributed by atoms with Crippen molar-refractivity contribution in [3.05, 3.63) is 0 Å². The molecule has 0 saturated heterocycles. The Morgan fingerprint density at radius 3 is 2.62 bits per heavy atom. The van der Waals surface area contributed by atoms with E-state index >= 15 is 0 Å². The van der Waals surface area contributed by atoms with Gasteiger partial charge in [0.2, 0.25) is 0 Å². The van der Waals surface area contributed by atoms with Crippen LogP contribution >= 0.6 is 0 Å². The molecule has 5 N–H and O–H groups in total. The van der Waals surface area contributed by atoms with Gasteiger partial charge in [-0.1, -0.05) is 13.3 Å². The first-order valence-electron chi connectivity index (χ1n) is 2.79. The number of hydrogen-bond donors (Lipinski definition) is 3. The minimum atomic E-state index is 0.799. The first kappa shape index (κ1) is 7.84. The summed E-state index contributed by atoms with van der Waals surface area (Å²) in [5.41, 5.74) is 2.31. The van der Waals surface area contributed by atoms with E-state index in [9.17, 15) is 0 Å². The monoisotopic (exact) mass is 118 g/mol. The third-order valence-corrected chi connectivity index (χ3v) is 0.918. The van der Waals surface area contributed by atoms with E-state index < -0.39 is 0 Å². The quantitative estimate of drug-likeness (QED) is 0.338. The highest BCUT2D eigenvalue weighted by molar-refractivity contribution is 4.36. The fourth-order valence-corrected chi connectivity index (χ4v) is 0.393. The molecule has 0 aromatic rings. The van der Waals surface area contributed by atoms with Crippen LogP contribution < -0.4 is 17.2 Å². The summed E-state index contributed by atoms with van der Waals surface area (Å²) in [5, 5.41) is 1.36. The van der Waals surface area contributed by atoms with Crippen LogP contribution in [0.3, 0.4) is 0 Å². The Hall–Kier alpha value is -0.160. The summed E-state index contributed by atoms with van der Waals surface area (Å²) in [6.07, 6.45) is 2.20. The third-order valence-electron chi connectivity index (χ3n) is 0.918. The predicted octanol–water partition coefficient (Wildman–Crippen LogP) is -0.659. The van der Waals surface area contributed by atoms with Gasteiger partial charge in [-0.2, -0.15) is 10.7 Å². The van der Waals surface area contributed by atoms with Gasteiger partial charge in [-0.25, -0.2) is 0 Å². The molecule has 0 atom stereocenters. The lowest BCUT2D eigenvalue weighted by atomic mass is 10.3. The lowest BCUT2D eigenvalue weighted by molar-refractivity contribution is 0.191. The molecule has 0 radical (unpaired) electrons. The van der Waals surface area contributed by atoms with Crippen molar-refractivity contribution in [2.45, 2.75) is 19.8 Å². The van der Waals surface area contributed by atoms with Crippen LogP contribution in [0.15, 0.2) is 0 Å². The summed E-state index contributed by atoms with van der Waals surface area (Å²) in [6.45, 7) is 2.90. The molecular formula is C4H14N4. The van der Waals surface area contributed by atoms with Gasteiger partial charge in [0.25, 0.3) is 0 Å². The van der Waals surface area contributed by atoms with Crippen molar-refractivity contribution < 1.29 is 0 Å². The van der Waals surface area contributed by atoms with Crippen molar-refractivity contribution in [2.75, 3.05) is 6.54 Å². The molecule has 4 nitrogen and oxygen atoms in total. The van der Waals surface area contributed by atoms with Gasteiger partial charge in [-0.15, -0.1) is 0 Å². The van der Waals surface area contributed by atoms with E-state index in [4.69, 9.17) is 11.7 Å². The summed E-state index contributed by atoms with van der Waals surface area (Å²) in [6, 6.07) is 0. The lowest BCUT2D eigenvalue weighted by Gasteiger charge is -2.11. The topological polar surface area (TPSA) is 67.3 Å². The third kappa shape index (κ3) is 4.01. The molecule has 0 aromatic carbocycles. The second-order valence-corrected chi connectivity index (χ2v) is 1.68. The van der Waals surface area contributed by atoms with Gasteiger partial charge >= 0.3 is 0 Å². The Bertz CT molecular complexity index is 47.3. The van der Waals surface area contributed by atoms with Crippen molar-refractivity contribution in [3.8, 4) is 0 Å². The Labute approximate surface area is 49.7 Å². The highest BCUT2D eigenvalue weighted by Gasteiger charge is 1.89. The highest BCUT2D eigenvalue weighted by Crippen LogP contribution is 1.83. The summed E-state index contributed by atoms with van der Waals surface area (Å²) in [7, 11) is 0. The number of nitrogens with two attached hydrogens (primary N) is 2.